The Morgan fingerprint density at radius 1 is 1.12 bits per heavy atom. The summed E-state index contributed by atoms with van der Waals surface area (Å²) in [5.41, 5.74) is 1.92. The Balaban J connectivity index is 1.55. The number of β-amino-alcohol motifs (C(OH)–C–C–N with tert-alkyl or cyclic N) is 1. The van der Waals surface area contributed by atoms with Crippen LogP contribution in [0, 0.1) is 6.92 Å². The highest BCUT2D eigenvalue weighted by Gasteiger charge is 2.36. The largest absolute Gasteiger partial charge is 0.486 e. The van der Waals surface area contributed by atoms with Crippen LogP contribution >= 0.6 is 0 Å². The SMILES string of the molecule is Cc1ccccc1O[C@@H]1CN(C(=O)OCc2ccccc2)C[C@H]1O. The molecule has 2 aromatic carbocycles. The molecule has 1 aliphatic rings. The summed E-state index contributed by atoms with van der Waals surface area (Å²) in [4.78, 5) is 13.6. The summed E-state index contributed by atoms with van der Waals surface area (Å²) in [5, 5.41) is 10.2. The number of likely N-dealkylation sites (tertiary alicyclic amines) is 1. The standard InChI is InChI=1S/C19H21NO4/c1-14-7-5-6-10-17(14)24-18-12-20(11-16(18)21)19(22)23-13-15-8-3-2-4-9-15/h2-10,16,18,21H,11-13H2,1H3/t16-,18-/m1/s1. The van der Waals surface area contributed by atoms with Gasteiger partial charge in [-0.3, -0.25) is 0 Å². The number of hydrogen-bond donors (Lipinski definition) is 1. The highest BCUT2D eigenvalue weighted by Crippen LogP contribution is 2.22. The fraction of sp³-hybridized carbons (Fsp3) is 0.316. The van der Waals surface area contributed by atoms with Gasteiger partial charge in [0.25, 0.3) is 0 Å². The van der Waals surface area contributed by atoms with Crippen LogP contribution in [-0.2, 0) is 11.3 Å². The third-order valence-electron chi connectivity index (χ3n) is 4.07. The Hall–Kier alpha value is -2.53. The minimum atomic E-state index is -0.728. The van der Waals surface area contributed by atoms with E-state index in [0.29, 0.717) is 6.54 Å². The average Bonchev–Trinajstić information content (AvgIpc) is 2.96. The van der Waals surface area contributed by atoms with Crippen LogP contribution in [0.15, 0.2) is 54.6 Å². The molecule has 1 heterocycles. The molecule has 5 heteroatoms. The van der Waals surface area contributed by atoms with Gasteiger partial charge < -0.3 is 19.5 Å². The molecule has 1 saturated heterocycles. The van der Waals surface area contributed by atoms with Crippen molar-refractivity contribution in [3.8, 4) is 5.75 Å². The zero-order valence-electron chi connectivity index (χ0n) is 13.6. The maximum Gasteiger partial charge on any atom is 0.410 e. The zero-order chi connectivity index (χ0) is 16.9. The van der Waals surface area contributed by atoms with E-state index in [1.165, 1.54) is 4.90 Å². The quantitative estimate of drug-likeness (QED) is 0.938. The Bertz CT molecular complexity index is 689. The summed E-state index contributed by atoms with van der Waals surface area (Å²) in [6.07, 6.45) is -1.61. The topological polar surface area (TPSA) is 59.0 Å². The Morgan fingerprint density at radius 3 is 2.58 bits per heavy atom. The lowest BCUT2D eigenvalue weighted by Crippen LogP contribution is -2.31. The third kappa shape index (κ3) is 3.86. The van der Waals surface area contributed by atoms with Crippen LogP contribution < -0.4 is 4.74 Å². The monoisotopic (exact) mass is 327 g/mol. The summed E-state index contributed by atoms with van der Waals surface area (Å²) >= 11 is 0. The molecule has 0 saturated carbocycles. The molecule has 126 valence electrons. The first-order chi connectivity index (χ1) is 11.6. The molecule has 0 aliphatic carbocycles. The molecule has 2 atom stereocenters. The number of aliphatic hydroxyl groups is 1. The molecule has 1 aliphatic heterocycles. The number of benzene rings is 2. The van der Waals surface area contributed by atoms with Gasteiger partial charge in [0.15, 0.2) is 0 Å². The minimum Gasteiger partial charge on any atom is -0.486 e. The Morgan fingerprint density at radius 2 is 1.83 bits per heavy atom. The van der Waals surface area contributed by atoms with Gasteiger partial charge in [0.1, 0.15) is 24.6 Å². The van der Waals surface area contributed by atoms with Crippen molar-refractivity contribution in [2.45, 2.75) is 25.7 Å². The molecule has 0 bridgehead atoms. The second kappa shape index (κ2) is 7.36. The van der Waals surface area contributed by atoms with Crippen LogP contribution in [0.4, 0.5) is 4.79 Å². The van der Waals surface area contributed by atoms with Gasteiger partial charge in [-0.1, -0.05) is 48.5 Å². The van der Waals surface area contributed by atoms with E-state index < -0.39 is 18.3 Å². The number of amides is 1. The fourth-order valence-electron chi connectivity index (χ4n) is 2.68. The first-order valence-electron chi connectivity index (χ1n) is 7.99. The number of aliphatic hydroxyl groups excluding tert-OH is 1. The number of ether oxygens (including phenoxy) is 2. The van der Waals surface area contributed by atoms with Crippen molar-refractivity contribution in [2.75, 3.05) is 13.1 Å². The first-order valence-corrected chi connectivity index (χ1v) is 7.99. The van der Waals surface area contributed by atoms with Crippen molar-refractivity contribution in [2.24, 2.45) is 0 Å². The molecular formula is C19H21NO4. The molecule has 1 N–H and O–H groups in total. The fourth-order valence-corrected chi connectivity index (χ4v) is 2.68. The lowest BCUT2D eigenvalue weighted by molar-refractivity contribution is 0.0731. The van der Waals surface area contributed by atoms with Crippen molar-refractivity contribution < 1.29 is 19.4 Å². The van der Waals surface area contributed by atoms with E-state index in [2.05, 4.69) is 0 Å². The van der Waals surface area contributed by atoms with Crippen LogP contribution in [0.5, 0.6) is 5.75 Å². The second-order valence-corrected chi connectivity index (χ2v) is 5.93. The molecule has 3 rings (SSSR count). The first kappa shape index (κ1) is 16.3. The minimum absolute atomic E-state index is 0.212. The summed E-state index contributed by atoms with van der Waals surface area (Å²) < 4.78 is 11.2. The Labute approximate surface area is 141 Å². The van der Waals surface area contributed by atoms with E-state index in [0.717, 1.165) is 16.9 Å². The van der Waals surface area contributed by atoms with Crippen molar-refractivity contribution in [3.05, 3.63) is 65.7 Å². The van der Waals surface area contributed by atoms with Crippen LogP contribution in [0.1, 0.15) is 11.1 Å². The lowest BCUT2D eigenvalue weighted by Gasteiger charge is -2.18. The van der Waals surface area contributed by atoms with E-state index >= 15 is 0 Å². The molecule has 0 radical (unpaired) electrons. The lowest BCUT2D eigenvalue weighted by atomic mass is 10.2. The van der Waals surface area contributed by atoms with Gasteiger partial charge >= 0.3 is 6.09 Å². The van der Waals surface area contributed by atoms with E-state index in [1.54, 1.807) is 0 Å². The molecule has 24 heavy (non-hydrogen) atoms. The van der Waals surface area contributed by atoms with Crippen molar-refractivity contribution in [1.82, 2.24) is 4.90 Å². The van der Waals surface area contributed by atoms with Crippen LogP contribution in [0.3, 0.4) is 0 Å². The second-order valence-electron chi connectivity index (χ2n) is 5.93. The predicted octanol–water partition coefficient (Wildman–Crippen LogP) is 2.76. The van der Waals surface area contributed by atoms with Crippen LogP contribution in [-0.4, -0.2) is 41.4 Å². The normalized spacial score (nSPS) is 20.0. The molecule has 0 unspecified atom stereocenters. The van der Waals surface area contributed by atoms with Gasteiger partial charge in [-0.05, 0) is 24.1 Å². The molecule has 0 spiro atoms. The maximum atomic E-state index is 12.2. The summed E-state index contributed by atoms with van der Waals surface area (Å²) in [6.45, 7) is 2.69. The van der Waals surface area contributed by atoms with Gasteiger partial charge in [0.2, 0.25) is 0 Å². The molecule has 1 fully saturated rings. The van der Waals surface area contributed by atoms with Gasteiger partial charge in [0.05, 0.1) is 13.1 Å². The summed E-state index contributed by atoms with van der Waals surface area (Å²) in [5.74, 6) is 0.723. The van der Waals surface area contributed by atoms with Gasteiger partial charge in [-0.15, -0.1) is 0 Å². The summed E-state index contributed by atoms with van der Waals surface area (Å²) in [6, 6.07) is 17.1. The smallest absolute Gasteiger partial charge is 0.410 e. The van der Waals surface area contributed by atoms with Crippen LogP contribution in [0.25, 0.3) is 0 Å². The van der Waals surface area contributed by atoms with Gasteiger partial charge in [-0.25, -0.2) is 4.79 Å². The van der Waals surface area contributed by atoms with E-state index in [-0.39, 0.29) is 13.2 Å². The Kier molecular flexibility index (Phi) is 5.01. The molecule has 5 nitrogen and oxygen atoms in total. The average molecular weight is 327 g/mol. The van der Waals surface area contributed by atoms with E-state index in [9.17, 15) is 9.90 Å². The number of aryl methyl sites for hydroxylation is 1. The molecular weight excluding hydrogens is 306 g/mol. The van der Waals surface area contributed by atoms with Crippen molar-refractivity contribution in [3.63, 3.8) is 0 Å². The van der Waals surface area contributed by atoms with Gasteiger partial charge in [-0.2, -0.15) is 0 Å². The van der Waals surface area contributed by atoms with E-state index in [1.807, 2.05) is 61.5 Å². The molecule has 1 amide bonds. The van der Waals surface area contributed by atoms with Gasteiger partial charge in [0, 0.05) is 0 Å². The molecule has 2 aromatic rings. The number of carbonyl (C=O) groups excluding carboxylic acids is 1. The van der Waals surface area contributed by atoms with Crippen molar-refractivity contribution >= 4 is 6.09 Å². The number of rotatable bonds is 4. The third-order valence-corrected chi connectivity index (χ3v) is 4.07. The van der Waals surface area contributed by atoms with E-state index in [4.69, 9.17) is 9.47 Å². The number of hydrogen-bond acceptors (Lipinski definition) is 4. The predicted molar refractivity (Wildman–Crippen MR) is 89.8 cm³/mol. The van der Waals surface area contributed by atoms with Crippen molar-refractivity contribution in [1.29, 1.82) is 0 Å². The molecule has 0 aromatic heterocycles. The zero-order valence-corrected chi connectivity index (χ0v) is 13.6. The number of nitrogens with zero attached hydrogens (tertiary/aromatic N) is 1. The number of carbonyl (C=O) groups is 1. The maximum absolute atomic E-state index is 12.2. The highest BCUT2D eigenvalue weighted by molar-refractivity contribution is 5.68. The van der Waals surface area contributed by atoms with Crippen LogP contribution in [0.2, 0.25) is 0 Å². The number of para-hydroxylation sites is 1. The highest BCUT2D eigenvalue weighted by atomic mass is 16.6. The summed E-state index contributed by atoms with van der Waals surface area (Å²) in [7, 11) is 0.